The average molecular weight is 247 g/mol. The van der Waals surface area contributed by atoms with Gasteiger partial charge in [0.05, 0.1) is 5.56 Å². The van der Waals surface area contributed by atoms with Gasteiger partial charge in [0.15, 0.2) is 0 Å². The van der Waals surface area contributed by atoms with E-state index in [0.29, 0.717) is 11.5 Å². The molecule has 1 aromatic carbocycles. The quantitative estimate of drug-likeness (QED) is 0.889. The van der Waals surface area contributed by atoms with Crippen LogP contribution in [0.2, 0.25) is 0 Å². The summed E-state index contributed by atoms with van der Waals surface area (Å²) >= 11 is 0. The lowest BCUT2D eigenvalue weighted by Gasteiger charge is -2.30. The summed E-state index contributed by atoms with van der Waals surface area (Å²) in [5, 5.41) is 9.02. The van der Waals surface area contributed by atoms with Crippen molar-refractivity contribution in [2.45, 2.75) is 33.2 Å². The van der Waals surface area contributed by atoms with Crippen LogP contribution >= 0.6 is 0 Å². The highest BCUT2D eigenvalue weighted by molar-refractivity contribution is 5.87. The second-order valence-electron chi connectivity index (χ2n) is 5.29. The Bertz CT molecular complexity index is 442. The number of carbonyl (C=O) groups is 1. The number of hydrogen-bond donors (Lipinski definition) is 1. The highest BCUT2D eigenvalue weighted by atomic mass is 16.4. The molecule has 1 aliphatic heterocycles. The second kappa shape index (κ2) is 5.53. The number of carboxylic acid groups (broad SMARTS) is 1. The maximum atomic E-state index is 11.0. The number of aromatic carboxylic acids is 1. The first-order valence-corrected chi connectivity index (χ1v) is 6.67. The van der Waals surface area contributed by atoms with Gasteiger partial charge in [-0.25, -0.2) is 4.79 Å². The fourth-order valence-electron chi connectivity index (χ4n) is 2.47. The first-order chi connectivity index (χ1) is 8.60. The maximum Gasteiger partial charge on any atom is 0.335 e. The molecule has 0 saturated heterocycles. The number of fused-ring (bicyclic) bond motifs is 1. The molecule has 3 heteroatoms. The van der Waals surface area contributed by atoms with Gasteiger partial charge in [0.25, 0.3) is 0 Å². The largest absolute Gasteiger partial charge is 0.478 e. The van der Waals surface area contributed by atoms with E-state index >= 15 is 0 Å². The van der Waals surface area contributed by atoms with Crippen molar-refractivity contribution in [1.29, 1.82) is 0 Å². The van der Waals surface area contributed by atoms with Crippen molar-refractivity contribution in [2.75, 3.05) is 13.1 Å². The molecule has 0 spiro atoms. The van der Waals surface area contributed by atoms with Gasteiger partial charge in [-0.05, 0) is 35.6 Å². The van der Waals surface area contributed by atoms with E-state index < -0.39 is 5.97 Å². The molecule has 1 N–H and O–H groups in total. The lowest BCUT2D eigenvalue weighted by molar-refractivity contribution is 0.0696. The SMILES string of the molecule is CCC(C)CN1CCc2ccc(C(=O)O)cc2C1. The minimum absolute atomic E-state index is 0.402. The Labute approximate surface area is 108 Å². The van der Waals surface area contributed by atoms with Crippen LogP contribution in [0.15, 0.2) is 18.2 Å². The summed E-state index contributed by atoms with van der Waals surface area (Å²) in [5.74, 6) is -0.133. The molecule has 0 radical (unpaired) electrons. The lowest BCUT2D eigenvalue weighted by atomic mass is 9.96. The normalized spacial score (nSPS) is 17.2. The maximum absolute atomic E-state index is 11.0. The third kappa shape index (κ3) is 2.91. The summed E-state index contributed by atoms with van der Waals surface area (Å²) in [7, 11) is 0. The lowest BCUT2D eigenvalue weighted by Crippen LogP contribution is -2.34. The molecule has 2 rings (SSSR count). The minimum atomic E-state index is -0.836. The van der Waals surface area contributed by atoms with Gasteiger partial charge in [0.2, 0.25) is 0 Å². The smallest absolute Gasteiger partial charge is 0.335 e. The molecule has 98 valence electrons. The summed E-state index contributed by atoms with van der Waals surface area (Å²) in [6.45, 7) is 7.56. The van der Waals surface area contributed by atoms with Crippen LogP contribution in [-0.2, 0) is 13.0 Å². The predicted molar refractivity (Wildman–Crippen MR) is 71.8 cm³/mol. The molecule has 0 aromatic heterocycles. The summed E-state index contributed by atoms with van der Waals surface area (Å²) in [6, 6.07) is 5.52. The van der Waals surface area contributed by atoms with Gasteiger partial charge in [0, 0.05) is 19.6 Å². The molecule has 3 nitrogen and oxygen atoms in total. The van der Waals surface area contributed by atoms with E-state index in [4.69, 9.17) is 5.11 Å². The minimum Gasteiger partial charge on any atom is -0.478 e. The molecule has 1 atom stereocenters. The fourth-order valence-corrected chi connectivity index (χ4v) is 2.47. The second-order valence-corrected chi connectivity index (χ2v) is 5.29. The zero-order valence-electron chi connectivity index (χ0n) is 11.1. The standard InChI is InChI=1S/C15H21NO2/c1-3-11(2)9-16-7-6-12-4-5-13(15(17)18)8-14(12)10-16/h4-5,8,11H,3,6-7,9-10H2,1-2H3,(H,17,18). The summed E-state index contributed by atoms with van der Waals surface area (Å²) in [4.78, 5) is 13.4. The molecule has 1 heterocycles. The predicted octanol–water partition coefficient (Wildman–Crippen LogP) is 2.79. The zero-order valence-corrected chi connectivity index (χ0v) is 11.1. The van der Waals surface area contributed by atoms with E-state index in [1.807, 2.05) is 12.1 Å². The summed E-state index contributed by atoms with van der Waals surface area (Å²) in [6.07, 6.45) is 2.23. The summed E-state index contributed by atoms with van der Waals surface area (Å²) in [5.41, 5.74) is 2.89. The van der Waals surface area contributed by atoms with Gasteiger partial charge in [-0.15, -0.1) is 0 Å². The molecule has 0 amide bonds. The fraction of sp³-hybridized carbons (Fsp3) is 0.533. The van der Waals surface area contributed by atoms with Crippen molar-refractivity contribution in [3.8, 4) is 0 Å². The Kier molecular flexibility index (Phi) is 4.02. The van der Waals surface area contributed by atoms with Gasteiger partial charge >= 0.3 is 5.97 Å². The zero-order chi connectivity index (χ0) is 13.1. The topological polar surface area (TPSA) is 40.5 Å². The molecule has 0 aliphatic carbocycles. The Hall–Kier alpha value is -1.35. The number of carboxylic acids is 1. The molecule has 1 unspecified atom stereocenters. The monoisotopic (exact) mass is 247 g/mol. The molecule has 0 fully saturated rings. The van der Waals surface area contributed by atoms with Crippen molar-refractivity contribution in [3.05, 3.63) is 34.9 Å². The highest BCUT2D eigenvalue weighted by Gasteiger charge is 2.18. The van der Waals surface area contributed by atoms with Crippen LogP contribution in [0.4, 0.5) is 0 Å². The molecule has 1 aromatic rings. The van der Waals surface area contributed by atoms with Crippen molar-refractivity contribution in [3.63, 3.8) is 0 Å². The Morgan fingerprint density at radius 2 is 2.22 bits per heavy atom. The van der Waals surface area contributed by atoms with E-state index in [-0.39, 0.29) is 0 Å². The van der Waals surface area contributed by atoms with E-state index in [2.05, 4.69) is 18.7 Å². The molecule has 18 heavy (non-hydrogen) atoms. The van der Waals surface area contributed by atoms with Gasteiger partial charge in [-0.2, -0.15) is 0 Å². The molecular weight excluding hydrogens is 226 g/mol. The average Bonchev–Trinajstić information content (AvgIpc) is 2.37. The van der Waals surface area contributed by atoms with Crippen LogP contribution in [0.5, 0.6) is 0 Å². The van der Waals surface area contributed by atoms with E-state index in [0.717, 1.165) is 26.1 Å². The van der Waals surface area contributed by atoms with E-state index in [9.17, 15) is 4.79 Å². The van der Waals surface area contributed by atoms with Crippen LogP contribution in [0.25, 0.3) is 0 Å². The number of hydrogen-bond acceptors (Lipinski definition) is 2. The molecule has 1 aliphatic rings. The number of nitrogens with zero attached hydrogens (tertiary/aromatic N) is 1. The van der Waals surface area contributed by atoms with Crippen LogP contribution in [0, 0.1) is 5.92 Å². The molecule has 0 bridgehead atoms. The van der Waals surface area contributed by atoms with Crippen molar-refractivity contribution < 1.29 is 9.90 Å². The van der Waals surface area contributed by atoms with E-state index in [1.165, 1.54) is 17.5 Å². The van der Waals surface area contributed by atoms with E-state index in [1.54, 1.807) is 6.07 Å². The Morgan fingerprint density at radius 1 is 1.44 bits per heavy atom. The van der Waals surface area contributed by atoms with Crippen LogP contribution in [0.3, 0.4) is 0 Å². The first kappa shape index (κ1) is 13.1. The Morgan fingerprint density at radius 3 is 2.89 bits per heavy atom. The van der Waals surface area contributed by atoms with Gasteiger partial charge < -0.3 is 5.11 Å². The van der Waals surface area contributed by atoms with Crippen molar-refractivity contribution >= 4 is 5.97 Å². The van der Waals surface area contributed by atoms with Crippen molar-refractivity contribution in [1.82, 2.24) is 4.90 Å². The molecule has 0 saturated carbocycles. The van der Waals surface area contributed by atoms with Gasteiger partial charge in [0.1, 0.15) is 0 Å². The number of benzene rings is 1. The van der Waals surface area contributed by atoms with Crippen LogP contribution in [-0.4, -0.2) is 29.1 Å². The number of rotatable bonds is 4. The van der Waals surface area contributed by atoms with Crippen LogP contribution < -0.4 is 0 Å². The highest BCUT2D eigenvalue weighted by Crippen LogP contribution is 2.21. The molecular formula is C15H21NO2. The third-order valence-corrected chi connectivity index (χ3v) is 3.81. The van der Waals surface area contributed by atoms with Gasteiger partial charge in [-0.1, -0.05) is 26.3 Å². The van der Waals surface area contributed by atoms with Crippen LogP contribution in [0.1, 0.15) is 41.8 Å². The third-order valence-electron chi connectivity index (χ3n) is 3.81. The Balaban J connectivity index is 2.12. The first-order valence-electron chi connectivity index (χ1n) is 6.67. The van der Waals surface area contributed by atoms with Gasteiger partial charge in [-0.3, -0.25) is 4.90 Å². The van der Waals surface area contributed by atoms with Crippen molar-refractivity contribution in [2.24, 2.45) is 5.92 Å². The summed E-state index contributed by atoms with van der Waals surface area (Å²) < 4.78 is 0.